The number of amides is 1. The highest BCUT2D eigenvalue weighted by molar-refractivity contribution is 5.81. The number of carbonyl (C=O) groups is 1. The predicted octanol–water partition coefficient (Wildman–Crippen LogP) is 3.75. The van der Waals surface area contributed by atoms with Crippen molar-refractivity contribution in [1.29, 1.82) is 0 Å². The van der Waals surface area contributed by atoms with Gasteiger partial charge in [0, 0.05) is 12.5 Å². The van der Waals surface area contributed by atoms with Crippen LogP contribution < -0.4 is 0 Å². The second kappa shape index (κ2) is 5.73. The summed E-state index contributed by atoms with van der Waals surface area (Å²) in [6, 6.07) is 0. The van der Waals surface area contributed by atoms with Crippen molar-refractivity contribution >= 4 is 5.91 Å². The first-order chi connectivity index (χ1) is 8.61. The Morgan fingerprint density at radius 1 is 1.33 bits per heavy atom. The van der Waals surface area contributed by atoms with Crippen LogP contribution in [0, 0.1) is 17.8 Å². The molecule has 18 heavy (non-hydrogen) atoms. The number of rotatable bonds is 7. The summed E-state index contributed by atoms with van der Waals surface area (Å²) in [7, 11) is 0. The molecule has 2 saturated carbocycles. The van der Waals surface area contributed by atoms with E-state index in [9.17, 15) is 4.79 Å². The van der Waals surface area contributed by atoms with Crippen molar-refractivity contribution in [3.8, 4) is 0 Å². The third-order valence-electron chi connectivity index (χ3n) is 4.02. The maximum Gasteiger partial charge on any atom is 0.229 e. The zero-order valence-corrected chi connectivity index (χ0v) is 11.7. The maximum atomic E-state index is 12.0. The molecule has 2 rings (SSSR count). The lowest BCUT2D eigenvalue weighted by Gasteiger charge is -2.17. The summed E-state index contributed by atoms with van der Waals surface area (Å²) in [6.45, 7) is 8.98. The molecule has 0 aromatic rings. The molecule has 1 amide bonds. The molecular formula is C16H25NO. The summed E-state index contributed by atoms with van der Waals surface area (Å²) in [5.74, 6) is 2.16. The van der Waals surface area contributed by atoms with Gasteiger partial charge in [0.05, 0.1) is 0 Å². The fourth-order valence-electron chi connectivity index (χ4n) is 2.55. The minimum Gasteiger partial charge on any atom is -0.319 e. The van der Waals surface area contributed by atoms with Crippen LogP contribution in [0.5, 0.6) is 0 Å². The Kier molecular flexibility index (Phi) is 4.26. The van der Waals surface area contributed by atoms with E-state index >= 15 is 0 Å². The van der Waals surface area contributed by atoms with Gasteiger partial charge in [0.1, 0.15) is 0 Å². The molecule has 2 atom stereocenters. The molecule has 2 nitrogen and oxygen atoms in total. The zero-order chi connectivity index (χ0) is 13.1. The highest BCUT2D eigenvalue weighted by Crippen LogP contribution is 2.43. The smallest absolute Gasteiger partial charge is 0.229 e. The average molecular weight is 247 g/mol. The summed E-state index contributed by atoms with van der Waals surface area (Å²) in [4.78, 5) is 13.8. The van der Waals surface area contributed by atoms with Gasteiger partial charge in [-0.3, -0.25) is 4.79 Å². The summed E-state index contributed by atoms with van der Waals surface area (Å²) < 4.78 is 0. The second-order valence-electron chi connectivity index (χ2n) is 6.06. The normalized spacial score (nSPS) is 25.4. The number of hydrogen-bond donors (Lipinski definition) is 0. The van der Waals surface area contributed by atoms with Crippen molar-refractivity contribution < 1.29 is 4.79 Å². The number of hydrogen-bond acceptors (Lipinski definition) is 1. The van der Waals surface area contributed by atoms with Gasteiger partial charge in [-0.05, 0) is 64.0 Å². The van der Waals surface area contributed by atoms with Crippen LogP contribution in [-0.2, 0) is 4.79 Å². The number of carbonyl (C=O) groups excluding carboxylic acids is 1. The second-order valence-corrected chi connectivity index (χ2v) is 6.06. The van der Waals surface area contributed by atoms with Gasteiger partial charge < -0.3 is 4.90 Å². The molecule has 0 aromatic heterocycles. The van der Waals surface area contributed by atoms with E-state index in [1.54, 1.807) is 6.20 Å². The molecule has 0 saturated heterocycles. The third kappa shape index (κ3) is 3.72. The molecule has 0 N–H and O–H groups in total. The van der Waals surface area contributed by atoms with Crippen LogP contribution in [0.1, 0.15) is 46.0 Å². The Morgan fingerprint density at radius 2 is 2.06 bits per heavy atom. The minimum atomic E-state index is 0.306. The van der Waals surface area contributed by atoms with Gasteiger partial charge in [-0.25, -0.2) is 0 Å². The van der Waals surface area contributed by atoms with Crippen molar-refractivity contribution in [2.75, 3.05) is 6.54 Å². The Morgan fingerprint density at radius 3 is 2.61 bits per heavy atom. The van der Waals surface area contributed by atoms with Crippen LogP contribution >= 0.6 is 0 Å². The summed E-state index contributed by atoms with van der Waals surface area (Å²) in [5, 5.41) is 0. The number of nitrogens with zero attached hydrogens (tertiary/aromatic N) is 1. The van der Waals surface area contributed by atoms with Crippen LogP contribution in [0.2, 0.25) is 0 Å². The molecule has 0 aromatic carbocycles. The lowest BCUT2D eigenvalue weighted by atomic mass is 10.1. The van der Waals surface area contributed by atoms with Crippen LogP contribution in [0.4, 0.5) is 0 Å². The molecule has 2 aliphatic carbocycles. The molecule has 2 unspecified atom stereocenters. The van der Waals surface area contributed by atoms with Gasteiger partial charge >= 0.3 is 0 Å². The summed E-state index contributed by atoms with van der Waals surface area (Å²) >= 11 is 0. The molecule has 0 heterocycles. The van der Waals surface area contributed by atoms with Crippen molar-refractivity contribution in [3.05, 3.63) is 24.4 Å². The molecule has 0 radical (unpaired) electrons. The average Bonchev–Trinajstić information content (AvgIpc) is 3.20. The van der Waals surface area contributed by atoms with E-state index in [2.05, 4.69) is 26.5 Å². The largest absolute Gasteiger partial charge is 0.319 e. The monoisotopic (exact) mass is 247 g/mol. The van der Waals surface area contributed by atoms with E-state index in [0.717, 1.165) is 31.2 Å². The number of allylic oxidation sites excluding steroid dienone is 2. The van der Waals surface area contributed by atoms with Gasteiger partial charge in [0.2, 0.25) is 5.91 Å². The SMILES string of the molecule is C=CN(CC1CC1CCC=C(C)C)C(=O)C1CC1. The predicted molar refractivity (Wildman–Crippen MR) is 74.9 cm³/mol. The fourth-order valence-corrected chi connectivity index (χ4v) is 2.55. The van der Waals surface area contributed by atoms with Gasteiger partial charge in [-0.1, -0.05) is 18.2 Å². The Labute approximate surface area is 111 Å². The van der Waals surface area contributed by atoms with E-state index < -0.39 is 0 Å². The quantitative estimate of drug-likeness (QED) is 0.627. The van der Waals surface area contributed by atoms with E-state index in [4.69, 9.17) is 0 Å². The maximum absolute atomic E-state index is 12.0. The van der Waals surface area contributed by atoms with Crippen molar-refractivity contribution in [2.45, 2.75) is 46.0 Å². The molecule has 0 aliphatic heterocycles. The van der Waals surface area contributed by atoms with Crippen LogP contribution in [-0.4, -0.2) is 17.4 Å². The van der Waals surface area contributed by atoms with E-state index in [1.807, 2.05) is 4.90 Å². The van der Waals surface area contributed by atoms with Crippen molar-refractivity contribution in [1.82, 2.24) is 4.90 Å². The van der Waals surface area contributed by atoms with Gasteiger partial charge in [0.15, 0.2) is 0 Å². The summed E-state index contributed by atoms with van der Waals surface area (Å²) in [5.41, 5.74) is 1.41. The lowest BCUT2D eigenvalue weighted by molar-refractivity contribution is -0.130. The van der Waals surface area contributed by atoms with E-state index in [1.165, 1.54) is 24.8 Å². The standard InChI is InChI=1S/C16H25NO/c1-4-17(16(18)13-8-9-13)11-15-10-14(15)7-5-6-12(2)3/h4,6,13-15H,1,5,7-11H2,2-3H3. The molecule has 100 valence electrons. The Bertz CT molecular complexity index is 350. The highest BCUT2D eigenvalue weighted by atomic mass is 16.2. The van der Waals surface area contributed by atoms with E-state index in [-0.39, 0.29) is 0 Å². The Balaban J connectivity index is 1.69. The molecule has 2 aliphatic rings. The molecular weight excluding hydrogens is 222 g/mol. The van der Waals surface area contributed by atoms with Gasteiger partial charge in [0.25, 0.3) is 0 Å². The van der Waals surface area contributed by atoms with Crippen LogP contribution in [0.15, 0.2) is 24.4 Å². The molecule has 2 heteroatoms. The summed E-state index contributed by atoms with van der Waals surface area (Å²) in [6.07, 6.45) is 9.96. The fraction of sp³-hybridized carbons (Fsp3) is 0.688. The minimum absolute atomic E-state index is 0.306. The van der Waals surface area contributed by atoms with E-state index in [0.29, 0.717) is 11.8 Å². The van der Waals surface area contributed by atoms with Crippen molar-refractivity contribution in [2.24, 2.45) is 17.8 Å². The van der Waals surface area contributed by atoms with Gasteiger partial charge in [-0.2, -0.15) is 0 Å². The highest BCUT2D eigenvalue weighted by Gasteiger charge is 2.40. The Hall–Kier alpha value is -1.05. The van der Waals surface area contributed by atoms with Crippen LogP contribution in [0.25, 0.3) is 0 Å². The topological polar surface area (TPSA) is 20.3 Å². The van der Waals surface area contributed by atoms with Crippen molar-refractivity contribution in [3.63, 3.8) is 0 Å². The first-order valence-corrected chi connectivity index (χ1v) is 7.18. The van der Waals surface area contributed by atoms with Crippen LogP contribution in [0.3, 0.4) is 0 Å². The van der Waals surface area contributed by atoms with Gasteiger partial charge in [-0.15, -0.1) is 0 Å². The lowest BCUT2D eigenvalue weighted by Crippen LogP contribution is -2.29. The molecule has 0 bridgehead atoms. The zero-order valence-electron chi connectivity index (χ0n) is 11.7. The third-order valence-corrected chi connectivity index (χ3v) is 4.02. The molecule has 2 fully saturated rings. The first kappa shape index (κ1) is 13.4. The molecule has 0 spiro atoms. The first-order valence-electron chi connectivity index (χ1n) is 7.18.